The van der Waals surface area contributed by atoms with Gasteiger partial charge in [-0.2, -0.15) is 4.31 Å². The summed E-state index contributed by atoms with van der Waals surface area (Å²) in [6.45, 7) is 1.64. The van der Waals surface area contributed by atoms with E-state index in [1.807, 2.05) is 47.4 Å². The number of nitrogens with zero attached hydrogens (tertiary/aromatic N) is 2. The van der Waals surface area contributed by atoms with E-state index in [-0.39, 0.29) is 22.1 Å². The van der Waals surface area contributed by atoms with Gasteiger partial charge in [0.05, 0.1) is 10.6 Å². The third kappa shape index (κ3) is 5.18. The van der Waals surface area contributed by atoms with E-state index in [2.05, 4.69) is 5.32 Å². The number of carbonyl (C=O) groups is 2. The Morgan fingerprint density at radius 2 is 1.58 bits per heavy atom. The minimum Gasteiger partial charge on any atom is -0.322 e. The van der Waals surface area contributed by atoms with Gasteiger partial charge >= 0.3 is 0 Å². The molecule has 2 heterocycles. The minimum absolute atomic E-state index is 0.0973. The molecule has 0 bridgehead atoms. The molecule has 186 valence electrons. The largest absolute Gasteiger partial charge is 0.322 e. The van der Waals surface area contributed by atoms with Crippen molar-refractivity contribution in [2.75, 3.05) is 24.2 Å². The summed E-state index contributed by atoms with van der Waals surface area (Å²) in [6.07, 6.45) is 1.76. The normalized spacial score (nSPS) is 18.5. The number of hydrogen-bond donors (Lipinski definition) is 1. The van der Waals surface area contributed by atoms with Gasteiger partial charge in [0.15, 0.2) is 0 Å². The van der Waals surface area contributed by atoms with Gasteiger partial charge < -0.3 is 10.2 Å². The molecule has 9 heteroatoms. The molecule has 0 unspecified atom stereocenters. The number of sulfonamides is 1. The van der Waals surface area contributed by atoms with Crippen molar-refractivity contribution in [1.29, 1.82) is 0 Å². The third-order valence-corrected chi connectivity index (χ3v) is 9.61. The fourth-order valence-corrected chi connectivity index (χ4v) is 7.18. The van der Waals surface area contributed by atoms with E-state index in [9.17, 15) is 18.0 Å². The number of amides is 2. The van der Waals surface area contributed by atoms with Crippen LogP contribution >= 0.6 is 11.8 Å². The summed E-state index contributed by atoms with van der Waals surface area (Å²) in [5.41, 5.74) is 3.05. The summed E-state index contributed by atoms with van der Waals surface area (Å²) < 4.78 is 26.9. The van der Waals surface area contributed by atoms with Gasteiger partial charge in [-0.05, 0) is 60.4 Å². The van der Waals surface area contributed by atoms with E-state index < -0.39 is 10.0 Å². The lowest BCUT2D eigenvalue weighted by Gasteiger charge is -2.24. The maximum Gasteiger partial charge on any atom is 0.255 e. The Morgan fingerprint density at radius 3 is 2.25 bits per heavy atom. The number of thioether (sulfide) groups is 1. The van der Waals surface area contributed by atoms with Gasteiger partial charge in [0, 0.05) is 30.9 Å². The number of nitrogens with one attached hydrogen (secondary N) is 1. The number of rotatable bonds is 7. The topological polar surface area (TPSA) is 86.8 Å². The molecule has 2 aliphatic heterocycles. The van der Waals surface area contributed by atoms with E-state index in [0.717, 1.165) is 24.0 Å². The van der Waals surface area contributed by atoms with Crippen LogP contribution in [0.3, 0.4) is 0 Å². The summed E-state index contributed by atoms with van der Waals surface area (Å²) >= 11 is 1.58. The van der Waals surface area contributed by atoms with E-state index in [0.29, 0.717) is 36.6 Å². The first kappa shape index (κ1) is 24.5. The summed E-state index contributed by atoms with van der Waals surface area (Å²) in [6, 6.07) is 23.4. The fraction of sp³-hybridized carbons (Fsp3) is 0.259. The number of carbonyl (C=O) groups excluding carboxylic acids is 2. The van der Waals surface area contributed by atoms with Crippen molar-refractivity contribution in [2.45, 2.75) is 29.7 Å². The lowest BCUT2D eigenvalue weighted by Crippen LogP contribution is -2.27. The molecule has 0 saturated carbocycles. The van der Waals surface area contributed by atoms with Crippen molar-refractivity contribution < 1.29 is 18.0 Å². The highest BCUT2D eigenvalue weighted by Crippen LogP contribution is 2.39. The van der Waals surface area contributed by atoms with E-state index in [4.69, 9.17) is 0 Å². The first-order chi connectivity index (χ1) is 17.4. The fourth-order valence-electron chi connectivity index (χ4n) is 4.47. The Labute approximate surface area is 215 Å². The summed E-state index contributed by atoms with van der Waals surface area (Å²) in [4.78, 5) is 27.4. The quantitative estimate of drug-likeness (QED) is 0.495. The van der Waals surface area contributed by atoms with Crippen LogP contribution in [0.4, 0.5) is 5.69 Å². The monoisotopic (exact) mass is 521 g/mol. The highest BCUT2D eigenvalue weighted by molar-refractivity contribution is 8.00. The molecule has 5 rings (SSSR count). The van der Waals surface area contributed by atoms with Crippen LogP contribution in [-0.4, -0.2) is 48.3 Å². The van der Waals surface area contributed by atoms with Crippen LogP contribution in [-0.2, 0) is 21.4 Å². The molecule has 2 amide bonds. The van der Waals surface area contributed by atoms with Crippen molar-refractivity contribution >= 4 is 39.3 Å². The lowest BCUT2D eigenvalue weighted by molar-refractivity contribution is -0.128. The van der Waals surface area contributed by atoms with Gasteiger partial charge in [-0.1, -0.05) is 42.5 Å². The van der Waals surface area contributed by atoms with E-state index >= 15 is 0 Å². The molecule has 0 aliphatic carbocycles. The maximum absolute atomic E-state index is 12.8. The zero-order valence-corrected chi connectivity index (χ0v) is 21.3. The Morgan fingerprint density at radius 1 is 0.917 bits per heavy atom. The number of hydrogen-bond acceptors (Lipinski definition) is 5. The van der Waals surface area contributed by atoms with Gasteiger partial charge in [0.2, 0.25) is 15.9 Å². The molecule has 0 spiro atoms. The summed E-state index contributed by atoms with van der Waals surface area (Å²) in [5, 5.41) is 2.73. The second kappa shape index (κ2) is 10.5. The predicted octanol–water partition coefficient (Wildman–Crippen LogP) is 4.50. The third-order valence-electron chi connectivity index (χ3n) is 6.44. The summed E-state index contributed by atoms with van der Waals surface area (Å²) in [5.74, 6) is 0.252. The average Bonchev–Trinajstić information content (AvgIpc) is 3.57. The highest BCUT2D eigenvalue weighted by atomic mass is 32.2. The Hall–Kier alpha value is -3.14. The second-order valence-corrected chi connectivity index (χ2v) is 11.9. The van der Waals surface area contributed by atoms with Gasteiger partial charge in [-0.25, -0.2) is 8.42 Å². The van der Waals surface area contributed by atoms with Crippen molar-refractivity contribution in [2.24, 2.45) is 0 Å². The van der Waals surface area contributed by atoms with Crippen LogP contribution < -0.4 is 5.32 Å². The zero-order chi connectivity index (χ0) is 25.1. The standard InChI is InChI=1S/C27H27N3O4S2/c31-25-19-35-27(30(25)18-20-6-2-1-3-7-20)22-10-8-21(9-11-22)26(32)28-23-12-14-24(15-13-23)36(33,34)29-16-4-5-17-29/h1-3,6-15,27H,4-5,16-19H2,(H,28,32)/t27-/m1/s1. The van der Waals surface area contributed by atoms with Crippen molar-refractivity contribution in [3.05, 3.63) is 95.6 Å². The predicted molar refractivity (Wildman–Crippen MR) is 141 cm³/mol. The molecule has 1 atom stereocenters. The molecule has 3 aromatic rings. The molecular formula is C27H27N3O4S2. The van der Waals surface area contributed by atoms with Gasteiger partial charge in [0.25, 0.3) is 5.91 Å². The zero-order valence-electron chi connectivity index (χ0n) is 19.7. The van der Waals surface area contributed by atoms with Crippen LogP contribution in [0.15, 0.2) is 83.8 Å². The van der Waals surface area contributed by atoms with Crippen molar-refractivity contribution in [3.8, 4) is 0 Å². The van der Waals surface area contributed by atoms with Crippen LogP contribution in [0.1, 0.15) is 39.7 Å². The smallest absolute Gasteiger partial charge is 0.255 e. The van der Waals surface area contributed by atoms with Crippen LogP contribution in [0, 0.1) is 0 Å². The van der Waals surface area contributed by atoms with Gasteiger partial charge in [0.1, 0.15) is 5.37 Å². The average molecular weight is 522 g/mol. The van der Waals surface area contributed by atoms with Crippen LogP contribution in [0.5, 0.6) is 0 Å². The molecule has 2 fully saturated rings. The molecule has 2 aliphatic rings. The Balaban J connectivity index is 1.24. The van der Waals surface area contributed by atoms with Gasteiger partial charge in [-0.15, -0.1) is 11.8 Å². The molecule has 36 heavy (non-hydrogen) atoms. The molecule has 2 saturated heterocycles. The molecule has 0 radical (unpaired) electrons. The Bertz CT molecular complexity index is 1340. The van der Waals surface area contributed by atoms with Crippen LogP contribution in [0.2, 0.25) is 0 Å². The number of benzene rings is 3. The Kier molecular flexibility index (Phi) is 7.13. The highest BCUT2D eigenvalue weighted by Gasteiger charge is 2.33. The SMILES string of the molecule is O=C(Nc1ccc(S(=O)(=O)N2CCCC2)cc1)c1ccc([C@H]2SCC(=O)N2Cc2ccccc2)cc1. The molecule has 0 aromatic heterocycles. The molecular weight excluding hydrogens is 494 g/mol. The second-order valence-electron chi connectivity index (χ2n) is 8.88. The van der Waals surface area contributed by atoms with E-state index in [1.165, 1.54) is 16.4 Å². The van der Waals surface area contributed by atoms with Crippen molar-refractivity contribution in [1.82, 2.24) is 9.21 Å². The van der Waals surface area contributed by atoms with Crippen molar-refractivity contribution in [3.63, 3.8) is 0 Å². The van der Waals surface area contributed by atoms with E-state index in [1.54, 1.807) is 36.0 Å². The first-order valence-corrected chi connectivity index (χ1v) is 14.4. The van der Waals surface area contributed by atoms with Crippen LogP contribution in [0.25, 0.3) is 0 Å². The lowest BCUT2D eigenvalue weighted by atomic mass is 10.1. The summed E-state index contributed by atoms with van der Waals surface area (Å²) in [7, 11) is -3.49. The van der Waals surface area contributed by atoms with Gasteiger partial charge in [-0.3, -0.25) is 9.59 Å². The first-order valence-electron chi connectivity index (χ1n) is 11.9. The maximum atomic E-state index is 12.8. The minimum atomic E-state index is -3.49. The molecule has 1 N–H and O–H groups in total. The number of anilines is 1. The molecule has 3 aromatic carbocycles. The molecule has 7 nitrogen and oxygen atoms in total.